The van der Waals surface area contributed by atoms with E-state index in [2.05, 4.69) is 120 Å². The molecule has 0 N–H and O–H groups in total. The molecular weight excluding hydrogens is 665 g/mol. The van der Waals surface area contributed by atoms with Crippen LogP contribution in [0.3, 0.4) is 0 Å². The van der Waals surface area contributed by atoms with Crippen LogP contribution in [-0.4, -0.2) is 4.98 Å². The van der Waals surface area contributed by atoms with Crippen LogP contribution >= 0.6 is 0 Å². The van der Waals surface area contributed by atoms with Gasteiger partial charge in [-0.1, -0.05) is 127 Å². The van der Waals surface area contributed by atoms with Gasteiger partial charge in [-0.3, -0.25) is 0 Å². The number of rotatable bonds is 6. The molecule has 0 saturated heterocycles. The van der Waals surface area contributed by atoms with Crippen LogP contribution in [0.4, 0.5) is 17.1 Å². The zero-order valence-electron chi connectivity index (χ0n) is 28.9. The van der Waals surface area contributed by atoms with E-state index in [1.807, 2.05) is 66.7 Å². The van der Waals surface area contributed by atoms with E-state index in [0.717, 1.165) is 94.3 Å². The van der Waals surface area contributed by atoms with Crippen LogP contribution < -0.4 is 4.90 Å². The molecule has 0 fully saturated rings. The van der Waals surface area contributed by atoms with Crippen LogP contribution in [0, 0.1) is 0 Å². The molecule has 11 aromatic rings. The number of benzene rings is 8. The van der Waals surface area contributed by atoms with E-state index >= 15 is 0 Å². The average molecular weight is 695 g/mol. The largest absolute Gasteiger partial charge is 0.456 e. The van der Waals surface area contributed by atoms with Crippen LogP contribution in [0.1, 0.15) is 0 Å². The second-order valence-corrected chi connectivity index (χ2v) is 13.5. The highest BCUT2D eigenvalue weighted by atomic mass is 16.4. The van der Waals surface area contributed by atoms with Crippen molar-refractivity contribution >= 4 is 72.0 Å². The zero-order chi connectivity index (χ0) is 35.6. The molecule has 0 unspecified atom stereocenters. The third-order valence-corrected chi connectivity index (χ3v) is 10.3. The summed E-state index contributed by atoms with van der Waals surface area (Å²) in [5.41, 5.74) is 12.7. The van der Waals surface area contributed by atoms with Crippen LogP contribution in [0.2, 0.25) is 0 Å². The molecule has 0 saturated carbocycles. The SMILES string of the molecule is c1ccc(-c2ccc(N(c3cccc(-c4cccc5c4oc4ccccc45)c3)c3c4nc(-c5ccccc5)oc4cc4oc5ccccc5c34)cc2)cc1. The quantitative estimate of drug-likeness (QED) is 0.173. The Bertz CT molecular complexity index is 3160. The number of hydrogen-bond donors (Lipinski definition) is 0. The summed E-state index contributed by atoms with van der Waals surface area (Å²) >= 11 is 0. The van der Waals surface area contributed by atoms with Gasteiger partial charge < -0.3 is 18.2 Å². The predicted octanol–water partition coefficient (Wildman–Crippen LogP) is 14.1. The average Bonchev–Trinajstić information content (AvgIpc) is 3.95. The van der Waals surface area contributed by atoms with Crippen molar-refractivity contribution in [2.75, 3.05) is 4.90 Å². The van der Waals surface area contributed by atoms with Gasteiger partial charge in [0.15, 0.2) is 5.58 Å². The number of hydrogen-bond acceptors (Lipinski definition) is 5. The van der Waals surface area contributed by atoms with Gasteiger partial charge in [0, 0.05) is 44.7 Å². The first kappa shape index (κ1) is 30.3. The molecule has 8 aromatic carbocycles. The van der Waals surface area contributed by atoms with Crippen molar-refractivity contribution in [1.29, 1.82) is 0 Å². The molecule has 3 aromatic heterocycles. The van der Waals surface area contributed by atoms with Crippen molar-refractivity contribution in [3.8, 4) is 33.7 Å². The van der Waals surface area contributed by atoms with E-state index in [1.165, 1.54) is 0 Å². The molecule has 0 spiro atoms. The molecule has 5 nitrogen and oxygen atoms in total. The molecule has 0 atom stereocenters. The second-order valence-electron chi connectivity index (χ2n) is 13.5. The normalized spacial score (nSPS) is 11.7. The molecule has 254 valence electrons. The number of aromatic nitrogens is 1. The van der Waals surface area contributed by atoms with Gasteiger partial charge in [0.05, 0.1) is 11.1 Å². The van der Waals surface area contributed by atoms with Gasteiger partial charge in [-0.2, -0.15) is 0 Å². The van der Waals surface area contributed by atoms with Gasteiger partial charge in [-0.05, 0) is 65.2 Å². The van der Waals surface area contributed by atoms with E-state index in [9.17, 15) is 0 Å². The van der Waals surface area contributed by atoms with E-state index in [0.29, 0.717) is 11.5 Å². The Kier molecular flexibility index (Phi) is 6.79. The zero-order valence-corrected chi connectivity index (χ0v) is 28.9. The molecule has 0 radical (unpaired) electrons. The van der Waals surface area contributed by atoms with E-state index in [1.54, 1.807) is 0 Å². The lowest BCUT2D eigenvalue weighted by Gasteiger charge is -2.27. The van der Waals surface area contributed by atoms with Crippen LogP contribution in [0.5, 0.6) is 0 Å². The Morgan fingerprint density at radius 1 is 0.389 bits per heavy atom. The third kappa shape index (κ3) is 4.83. The first-order valence-corrected chi connectivity index (χ1v) is 18.0. The highest BCUT2D eigenvalue weighted by Crippen LogP contribution is 2.48. The summed E-state index contributed by atoms with van der Waals surface area (Å²) in [4.78, 5) is 7.53. The molecule has 0 aliphatic rings. The lowest BCUT2D eigenvalue weighted by atomic mass is 10.0. The van der Waals surface area contributed by atoms with Gasteiger partial charge in [0.2, 0.25) is 5.89 Å². The molecule has 0 aliphatic carbocycles. The van der Waals surface area contributed by atoms with Crippen LogP contribution in [-0.2, 0) is 0 Å². The van der Waals surface area contributed by atoms with Crippen molar-refractivity contribution in [3.63, 3.8) is 0 Å². The lowest BCUT2D eigenvalue weighted by Crippen LogP contribution is -2.11. The number of furan rings is 2. The summed E-state index contributed by atoms with van der Waals surface area (Å²) in [6.07, 6.45) is 0. The molecule has 0 bridgehead atoms. The van der Waals surface area contributed by atoms with E-state index in [-0.39, 0.29) is 0 Å². The number of para-hydroxylation sites is 3. The second kappa shape index (κ2) is 12.1. The van der Waals surface area contributed by atoms with Crippen molar-refractivity contribution < 1.29 is 13.3 Å². The number of oxazole rings is 1. The minimum atomic E-state index is 0.550. The molecule has 0 aliphatic heterocycles. The third-order valence-electron chi connectivity index (χ3n) is 10.3. The topological polar surface area (TPSA) is 55.6 Å². The van der Waals surface area contributed by atoms with Crippen LogP contribution in [0.25, 0.3) is 88.7 Å². The smallest absolute Gasteiger partial charge is 0.227 e. The fourth-order valence-corrected chi connectivity index (χ4v) is 7.80. The number of anilines is 3. The molecular formula is C49H30N2O3. The minimum Gasteiger partial charge on any atom is -0.456 e. The first-order chi connectivity index (χ1) is 26.8. The Labute approximate surface area is 309 Å². The van der Waals surface area contributed by atoms with E-state index < -0.39 is 0 Å². The molecule has 3 heterocycles. The van der Waals surface area contributed by atoms with E-state index in [4.69, 9.17) is 18.2 Å². The molecule has 54 heavy (non-hydrogen) atoms. The van der Waals surface area contributed by atoms with Gasteiger partial charge in [0.1, 0.15) is 27.8 Å². The van der Waals surface area contributed by atoms with Gasteiger partial charge in [-0.15, -0.1) is 0 Å². The predicted molar refractivity (Wildman–Crippen MR) is 220 cm³/mol. The summed E-state index contributed by atoms with van der Waals surface area (Å²) in [6, 6.07) is 62.6. The Morgan fingerprint density at radius 3 is 1.81 bits per heavy atom. The molecule has 0 amide bonds. The van der Waals surface area contributed by atoms with Gasteiger partial charge in [-0.25, -0.2) is 4.98 Å². The maximum Gasteiger partial charge on any atom is 0.227 e. The number of fused-ring (bicyclic) bond motifs is 7. The van der Waals surface area contributed by atoms with Crippen molar-refractivity contribution in [1.82, 2.24) is 4.98 Å². The van der Waals surface area contributed by atoms with Gasteiger partial charge >= 0.3 is 0 Å². The highest BCUT2D eigenvalue weighted by Gasteiger charge is 2.26. The number of nitrogens with zero attached hydrogens (tertiary/aromatic N) is 2. The molecule has 11 rings (SSSR count). The molecule has 5 heteroatoms. The van der Waals surface area contributed by atoms with Crippen molar-refractivity contribution in [2.45, 2.75) is 0 Å². The van der Waals surface area contributed by atoms with Gasteiger partial charge in [0.25, 0.3) is 0 Å². The lowest BCUT2D eigenvalue weighted by molar-refractivity contribution is 0.617. The summed E-state index contributed by atoms with van der Waals surface area (Å²) in [5.74, 6) is 0.550. The summed E-state index contributed by atoms with van der Waals surface area (Å²) in [5, 5.41) is 4.16. The monoisotopic (exact) mass is 694 g/mol. The Hall–Kier alpha value is -7.37. The Balaban J connectivity index is 1.19. The summed E-state index contributed by atoms with van der Waals surface area (Å²) in [6.45, 7) is 0. The summed E-state index contributed by atoms with van der Waals surface area (Å²) in [7, 11) is 0. The van der Waals surface area contributed by atoms with Crippen molar-refractivity contribution in [2.24, 2.45) is 0 Å². The maximum absolute atomic E-state index is 6.56. The fraction of sp³-hybridized carbons (Fsp3) is 0. The standard InChI is InChI=1S/C49H30N2O3/c1-3-13-31(14-4-1)32-25-27-35(28-26-32)51(36-18-11-17-34(29-36)37-21-12-22-39-38-19-7-9-23-41(38)53-48(37)39)47-45-40-20-8-10-24-42(40)52-43(45)30-44-46(47)50-49(54-44)33-15-5-2-6-16-33/h1-30H. The highest BCUT2D eigenvalue weighted by molar-refractivity contribution is 6.20. The fourth-order valence-electron chi connectivity index (χ4n) is 7.80. The maximum atomic E-state index is 6.56. The van der Waals surface area contributed by atoms with Crippen molar-refractivity contribution in [3.05, 3.63) is 182 Å². The van der Waals surface area contributed by atoms with Crippen LogP contribution in [0.15, 0.2) is 195 Å². The minimum absolute atomic E-state index is 0.550. The Morgan fingerprint density at radius 2 is 1.02 bits per heavy atom. The first-order valence-electron chi connectivity index (χ1n) is 18.0. The summed E-state index contributed by atoms with van der Waals surface area (Å²) < 4.78 is 19.6.